The molecule has 2 rings (SSSR count). The van der Waals surface area contributed by atoms with E-state index in [4.69, 9.17) is 4.74 Å². The first-order valence-corrected chi connectivity index (χ1v) is 7.39. The zero-order valence-electron chi connectivity index (χ0n) is 13.0. The Balaban J connectivity index is 0.00000220. The standard InChI is InChI=1S/C15H21BF3O.K/c1-3-12-6-4-5-7-15(12)20-14-9-8-13(10-11(14)2)16(17,18)19;/h8-10,12,15H,3-7H2,1-2H3;/q-1;+1. The van der Waals surface area contributed by atoms with Gasteiger partial charge in [-0.25, -0.2) is 0 Å². The number of halogens is 3. The van der Waals surface area contributed by atoms with Crippen LogP contribution in [0.25, 0.3) is 0 Å². The summed E-state index contributed by atoms with van der Waals surface area (Å²) in [5.74, 6) is 1.12. The van der Waals surface area contributed by atoms with E-state index in [1.807, 2.05) is 0 Å². The van der Waals surface area contributed by atoms with Crippen LogP contribution in [-0.2, 0) is 0 Å². The molecule has 0 heterocycles. The summed E-state index contributed by atoms with van der Waals surface area (Å²) >= 11 is 0. The second-order valence-electron chi connectivity index (χ2n) is 5.71. The van der Waals surface area contributed by atoms with Crippen LogP contribution in [0.2, 0.25) is 0 Å². The first-order chi connectivity index (χ1) is 9.41. The van der Waals surface area contributed by atoms with Crippen molar-refractivity contribution in [3.8, 4) is 5.75 Å². The zero-order chi connectivity index (χ0) is 14.8. The van der Waals surface area contributed by atoms with Gasteiger partial charge in [0.05, 0.1) is 0 Å². The van der Waals surface area contributed by atoms with E-state index in [1.165, 1.54) is 18.6 Å². The molecule has 0 N–H and O–H groups in total. The van der Waals surface area contributed by atoms with E-state index in [0.717, 1.165) is 31.7 Å². The molecule has 1 aromatic carbocycles. The third-order valence-electron chi connectivity index (χ3n) is 4.22. The third-order valence-corrected chi connectivity index (χ3v) is 4.22. The van der Waals surface area contributed by atoms with E-state index in [0.29, 0.717) is 17.2 Å². The molecule has 2 atom stereocenters. The molecule has 2 unspecified atom stereocenters. The third kappa shape index (κ3) is 5.27. The molecule has 6 heteroatoms. The molecule has 112 valence electrons. The minimum absolute atomic E-state index is 0. The Morgan fingerprint density at radius 2 is 1.86 bits per heavy atom. The Morgan fingerprint density at radius 3 is 2.43 bits per heavy atom. The molecule has 1 saturated carbocycles. The van der Waals surface area contributed by atoms with Gasteiger partial charge < -0.3 is 17.7 Å². The first kappa shape index (κ1) is 19.6. The molecule has 0 radical (unpaired) electrons. The molecule has 0 bridgehead atoms. The smallest absolute Gasteiger partial charge is 0.490 e. The van der Waals surface area contributed by atoms with Crippen molar-refractivity contribution in [3.63, 3.8) is 0 Å². The average molecular weight is 324 g/mol. The minimum atomic E-state index is -4.93. The summed E-state index contributed by atoms with van der Waals surface area (Å²) < 4.78 is 44.1. The van der Waals surface area contributed by atoms with Gasteiger partial charge in [0.25, 0.3) is 0 Å². The van der Waals surface area contributed by atoms with Crippen molar-refractivity contribution in [2.75, 3.05) is 0 Å². The molecule has 1 aromatic rings. The molecule has 1 aliphatic carbocycles. The fraction of sp³-hybridized carbons (Fsp3) is 0.600. The SMILES string of the molecule is CCC1CCCCC1Oc1ccc([B-](F)(F)F)cc1C.[K+]. The van der Waals surface area contributed by atoms with Gasteiger partial charge in [0.15, 0.2) is 0 Å². The van der Waals surface area contributed by atoms with E-state index in [9.17, 15) is 12.9 Å². The Kier molecular flexibility index (Phi) is 7.81. The van der Waals surface area contributed by atoms with Crippen molar-refractivity contribution in [2.45, 2.75) is 52.1 Å². The second kappa shape index (κ2) is 8.39. The van der Waals surface area contributed by atoms with Crippen LogP contribution < -0.4 is 61.6 Å². The number of benzene rings is 1. The summed E-state index contributed by atoms with van der Waals surface area (Å²) in [6.07, 6.45) is 5.74. The quantitative estimate of drug-likeness (QED) is 0.761. The zero-order valence-corrected chi connectivity index (χ0v) is 16.2. The molecule has 0 aromatic heterocycles. The summed E-state index contributed by atoms with van der Waals surface area (Å²) in [7, 11) is 0. The fourth-order valence-electron chi connectivity index (χ4n) is 2.97. The molecular weight excluding hydrogens is 303 g/mol. The molecule has 0 aliphatic heterocycles. The topological polar surface area (TPSA) is 9.23 Å². The van der Waals surface area contributed by atoms with Gasteiger partial charge in [-0.2, -0.15) is 0 Å². The van der Waals surface area contributed by atoms with Gasteiger partial charge in [-0.05, 0) is 50.2 Å². The van der Waals surface area contributed by atoms with Gasteiger partial charge in [0, 0.05) is 0 Å². The van der Waals surface area contributed by atoms with Crippen LogP contribution in [0.15, 0.2) is 18.2 Å². The Bertz CT molecular complexity index is 465. The van der Waals surface area contributed by atoms with Gasteiger partial charge in [0.2, 0.25) is 0 Å². The predicted octanol–water partition coefficient (Wildman–Crippen LogP) is 1.40. The molecule has 1 aliphatic rings. The van der Waals surface area contributed by atoms with Crippen LogP contribution in [0.1, 0.15) is 44.6 Å². The van der Waals surface area contributed by atoms with E-state index < -0.39 is 12.4 Å². The summed E-state index contributed by atoms with van der Waals surface area (Å²) in [4.78, 5) is 0. The van der Waals surface area contributed by atoms with E-state index >= 15 is 0 Å². The monoisotopic (exact) mass is 324 g/mol. The summed E-state index contributed by atoms with van der Waals surface area (Å²) in [6, 6.07) is 3.80. The van der Waals surface area contributed by atoms with Crippen LogP contribution in [0.4, 0.5) is 12.9 Å². The fourth-order valence-corrected chi connectivity index (χ4v) is 2.97. The molecular formula is C15H21BF3KO. The van der Waals surface area contributed by atoms with Crippen molar-refractivity contribution in [1.82, 2.24) is 0 Å². The maximum absolute atomic E-state index is 12.7. The Labute approximate surface area is 167 Å². The Hall–Kier alpha value is 0.511. The number of hydrogen-bond donors (Lipinski definition) is 0. The van der Waals surface area contributed by atoms with Gasteiger partial charge in [-0.15, -0.1) is 5.46 Å². The first-order valence-electron chi connectivity index (χ1n) is 7.39. The van der Waals surface area contributed by atoms with Gasteiger partial charge in [-0.1, -0.05) is 25.5 Å². The molecule has 21 heavy (non-hydrogen) atoms. The largest absolute Gasteiger partial charge is 1.00 e. The van der Waals surface area contributed by atoms with Crippen LogP contribution in [0.3, 0.4) is 0 Å². The van der Waals surface area contributed by atoms with Crippen LogP contribution in [0, 0.1) is 12.8 Å². The van der Waals surface area contributed by atoms with E-state index in [1.54, 1.807) is 6.92 Å². The van der Waals surface area contributed by atoms with Gasteiger partial charge >= 0.3 is 58.4 Å². The van der Waals surface area contributed by atoms with Crippen molar-refractivity contribution in [2.24, 2.45) is 5.92 Å². The number of aryl methyl sites for hydroxylation is 1. The maximum Gasteiger partial charge on any atom is 1.00 e. The summed E-state index contributed by atoms with van der Waals surface area (Å²) in [5.41, 5.74) is 0.0210. The molecule has 1 fully saturated rings. The van der Waals surface area contributed by atoms with E-state index in [2.05, 4.69) is 6.92 Å². The average Bonchev–Trinajstić information content (AvgIpc) is 2.40. The van der Waals surface area contributed by atoms with Crippen LogP contribution in [0.5, 0.6) is 5.75 Å². The Morgan fingerprint density at radius 1 is 1.19 bits per heavy atom. The van der Waals surface area contributed by atoms with E-state index in [-0.39, 0.29) is 57.5 Å². The van der Waals surface area contributed by atoms with Crippen molar-refractivity contribution in [1.29, 1.82) is 0 Å². The van der Waals surface area contributed by atoms with Crippen molar-refractivity contribution in [3.05, 3.63) is 23.8 Å². The summed E-state index contributed by atoms with van der Waals surface area (Å²) in [6.45, 7) is -1.10. The molecule has 1 nitrogen and oxygen atoms in total. The second-order valence-corrected chi connectivity index (χ2v) is 5.71. The van der Waals surface area contributed by atoms with Gasteiger partial charge in [-0.3, -0.25) is 0 Å². The molecule has 0 amide bonds. The van der Waals surface area contributed by atoms with Gasteiger partial charge in [0.1, 0.15) is 11.9 Å². The molecule has 0 saturated heterocycles. The number of ether oxygens (including phenoxy) is 1. The maximum atomic E-state index is 12.7. The minimum Gasteiger partial charge on any atom is -0.490 e. The van der Waals surface area contributed by atoms with Crippen molar-refractivity contribution < 1.29 is 69.1 Å². The predicted molar refractivity (Wildman–Crippen MR) is 76.6 cm³/mol. The number of rotatable bonds is 4. The molecule has 0 spiro atoms. The summed E-state index contributed by atoms with van der Waals surface area (Å²) in [5, 5.41) is 0. The van der Waals surface area contributed by atoms with Crippen molar-refractivity contribution >= 4 is 12.4 Å². The van der Waals surface area contributed by atoms with Crippen LogP contribution >= 0.6 is 0 Å². The number of hydrogen-bond acceptors (Lipinski definition) is 1. The van der Waals surface area contributed by atoms with Crippen LogP contribution in [-0.4, -0.2) is 13.1 Å². The normalized spacial score (nSPS) is 22.5.